The minimum absolute atomic E-state index is 0.0325. The van der Waals surface area contributed by atoms with E-state index >= 15 is 4.79 Å². The first-order valence-corrected chi connectivity index (χ1v) is 39.5. The van der Waals surface area contributed by atoms with Crippen LogP contribution in [0.2, 0.25) is 0 Å². The molecule has 22 N–H and O–H groups in total. The minimum Gasteiger partial charge on any atom is -0.432 e. The lowest BCUT2D eigenvalue weighted by Crippen LogP contribution is -2.69. The van der Waals surface area contributed by atoms with Crippen LogP contribution in [0.25, 0.3) is 0 Å². The van der Waals surface area contributed by atoms with Gasteiger partial charge in [0.2, 0.25) is 6.29 Å². The molecule has 0 aromatic heterocycles. The van der Waals surface area contributed by atoms with E-state index in [4.69, 9.17) is 75.8 Å². The molecule has 5 aliphatic carbocycles. The summed E-state index contributed by atoms with van der Waals surface area (Å²) in [4.78, 5) is 16.0. The van der Waals surface area contributed by atoms with E-state index in [2.05, 4.69) is 54.5 Å². The summed E-state index contributed by atoms with van der Waals surface area (Å²) in [6.45, 7) is 12.0. The van der Waals surface area contributed by atoms with Crippen LogP contribution in [0.1, 0.15) is 113 Å². The van der Waals surface area contributed by atoms with Crippen LogP contribution < -0.4 is 0 Å². The summed E-state index contributed by atoms with van der Waals surface area (Å²) in [6.07, 6.45) is -59.7. The number of esters is 1. The third-order valence-corrected chi connectivity index (χ3v) is 28.3. The Bertz CT molecular complexity index is 3230. The number of fused-ring (bicyclic) bond motifs is 7. The van der Waals surface area contributed by atoms with Crippen molar-refractivity contribution in [3.63, 3.8) is 0 Å². The Morgan fingerprint density at radius 1 is 0.425 bits per heavy atom. The second kappa shape index (κ2) is 33.9. The summed E-state index contributed by atoms with van der Waals surface area (Å²) in [7, 11) is 0. The number of hydrogen-bond acceptors (Lipinski definition) is 39. The van der Waals surface area contributed by atoms with Gasteiger partial charge in [0.05, 0.1) is 64.6 Å². The van der Waals surface area contributed by atoms with E-state index in [0.717, 1.165) is 5.57 Å². The second-order valence-electron chi connectivity index (χ2n) is 35.8. The van der Waals surface area contributed by atoms with Gasteiger partial charge in [-0.2, -0.15) is 0 Å². The molecule has 0 unspecified atom stereocenters. The highest BCUT2D eigenvalue weighted by Crippen LogP contribution is 2.76. The van der Waals surface area contributed by atoms with Gasteiger partial charge in [0.1, 0.15) is 164 Å². The Morgan fingerprint density at radius 2 is 0.903 bits per heavy atom. The predicted octanol–water partition coefficient (Wildman–Crippen LogP) is -8.18. The van der Waals surface area contributed by atoms with Crippen LogP contribution in [0.5, 0.6) is 0 Å². The molecule has 0 aromatic carbocycles. The number of aliphatic hydroxyl groups excluding tert-OH is 22. The van der Waals surface area contributed by atoms with E-state index in [0.29, 0.717) is 44.9 Å². The van der Waals surface area contributed by atoms with Crippen LogP contribution in [0.3, 0.4) is 0 Å². The van der Waals surface area contributed by atoms with Gasteiger partial charge in [-0.1, -0.05) is 60.1 Å². The van der Waals surface area contributed by atoms with Crippen molar-refractivity contribution in [1.29, 1.82) is 0 Å². The summed E-state index contributed by atoms with van der Waals surface area (Å²) in [5, 5.41) is 244. The maximum Gasteiger partial charge on any atom is 0.317 e. The average Bonchev–Trinajstić information content (AvgIpc) is 0.669. The molecule has 12 fully saturated rings. The number of hydrogen-bond donors (Lipinski definition) is 22. The number of rotatable bonds is 19. The monoisotopic (exact) mass is 1630 g/mol. The fraction of sp³-hybridized carbons (Fsp3) is 0.959. The van der Waals surface area contributed by atoms with Crippen molar-refractivity contribution in [3.8, 4) is 0 Å². The highest BCUT2D eigenvalue weighted by Gasteiger charge is 2.73. The minimum atomic E-state index is -2.14. The summed E-state index contributed by atoms with van der Waals surface area (Å²) in [5.74, 6) is -1.74. The van der Waals surface area contributed by atoms with E-state index in [1.54, 1.807) is 0 Å². The molecule has 0 amide bonds. The van der Waals surface area contributed by atoms with E-state index in [1.165, 1.54) is 6.92 Å². The summed E-state index contributed by atoms with van der Waals surface area (Å²) in [5.41, 5.74) is -3.56. The smallest absolute Gasteiger partial charge is 0.317 e. The van der Waals surface area contributed by atoms with E-state index in [-0.39, 0.29) is 24.7 Å². The molecular weight excluding hydrogens is 1510 g/mol. The van der Waals surface area contributed by atoms with Gasteiger partial charge in [-0.25, -0.2) is 0 Å². The maximum absolute atomic E-state index is 16.0. The van der Waals surface area contributed by atoms with Gasteiger partial charge in [0.25, 0.3) is 0 Å². The number of allylic oxidation sites excluding steroid dienone is 2. The van der Waals surface area contributed by atoms with Crippen LogP contribution in [0.4, 0.5) is 0 Å². The normalized spacial score (nSPS) is 54.7. The fourth-order valence-electron chi connectivity index (χ4n) is 21.3. The first-order chi connectivity index (χ1) is 53.1. The van der Waals surface area contributed by atoms with E-state index in [1.807, 2.05) is 0 Å². The summed E-state index contributed by atoms with van der Waals surface area (Å²) >= 11 is 0. The van der Waals surface area contributed by atoms with Crippen molar-refractivity contribution in [2.45, 2.75) is 347 Å². The fourth-order valence-corrected chi connectivity index (χ4v) is 21.3. The van der Waals surface area contributed by atoms with Crippen LogP contribution in [-0.2, 0) is 80.6 Å². The number of aliphatic hydroxyl groups is 22. The molecule has 8 aliphatic heterocycles. The molecule has 650 valence electrons. The van der Waals surface area contributed by atoms with Crippen molar-refractivity contribution >= 4 is 5.97 Å². The van der Waals surface area contributed by atoms with Crippen LogP contribution >= 0.6 is 0 Å². The first-order valence-electron chi connectivity index (χ1n) is 39.5. The Balaban J connectivity index is 0.726. The lowest BCUT2D eigenvalue weighted by atomic mass is 9.33. The molecule has 39 nitrogen and oxygen atoms in total. The summed E-state index contributed by atoms with van der Waals surface area (Å²) < 4.78 is 95.9. The standard InChI is InChI=1S/C74H120O39/c1-26-55(108-62-54(96)56(32(80)24-100-62)109-60-49(91)40(82)29(77)21-98-60)53(95)59(111-64-52(94)46(88)43(85)33(19-75)104-64)66(103-26)112-58-48(90)44(86)34(20-76)105-67(58)113-68(97)74-16-15-69(2,3)17-28(74)27-9-10-37-71(6)13-12-39(70(4,5)36(71)11-14-72(37,7)73(27,8)18-38(74)81)107-63-51(93)47(89)45(87)35(106-63)25-102-65-57(42(84)31(79)23-101-65)110-61-50(92)41(83)30(78)22-99-61/h9,26,28-67,75-96H,10-25H2,1-8H3/t26-,28-,29-,30-,31-,32-,33-,34-,35-,36-,37-,38-,39-,40+,41+,42+,43-,44-,45-,46+,47+,48+,49-,50-,51-,52-,53+,54-,55-,56+,57-,58-,59-,60+,61+,62+,63+,64+,65+,66+,67+,71+,72-,73+,74-/m0/s1. The molecule has 8 saturated heterocycles. The third kappa shape index (κ3) is 15.8. The second-order valence-corrected chi connectivity index (χ2v) is 35.8. The Labute approximate surface area is 651 Å². The van der Waals surface area contributed by atoms with Crippen LogP contribution in [-0.4, -0.2) is 398 Å². The van der Waals surface area contributed by atoms with Crippen molar-refractivity contribution in [2.75, 3.05) is 46.2 Å². The molecule has 45 atom stereocenters. The largest absolute Gasteiger partial charge is 0.432 e. The molecule has 13 rings (SSSR count). The zero-order chi connectivity index (χ0) is 82.2. The van der Waals surface area contributed by atoms with Gasteiger partial charge in [-0.15, -0.1) is 0 Å². The number of carbonyl (C=O) groups is 1. The lowest BCUT2D eigenvalue weighted by molar-refractivity contribution is -0.401. The van der Waals surface area contributed by atoms with Crippen molar-refractivity contribution < 1.29 is 193 Å². The molecule has 0 bridgehead atoms. The molecule has 13 aliphatic rings. The van der Waals surface area contributed by atoms with E-state index < -0.39 is 324 Å². The molecule has 0 aromatic rings. The van der Waals surface area contributed by atoms with Crippen LogP contribution in [0.15, 0.2) is 11.6 Å². The van der Waals surface area contributed by atoms with Gasteiger partial charge in [0.15, 0.2) is 50.1 Å². The molecular formula is C74H120O39. The molecule has 39 heteroatoms. The number of carbonyl (C=O) groups excluding carboxylic acids is 1. The molecule has 8 heterocycles. The zero-order valence-corrected chi connectivity index (χ0v) is 64.3. The quantitative estimate of drug-likeness (QED) is 0.0324. The average molecular weight is 1630 g/mol. The predicted molar refractivity (Wildman–Crippen MR) is 369 cm³/mol. The van der Waals surface area contributed by atoms with Crippen molar-refractivity contribution in [2.24, 2.45) is 50.2 Å². The highest BCUT2D eigenvalue weighted by atomic mass is 16.8. The topological polar surface area (TPSA) is 610 Å². The van der Waals surface area contributed by atoms with Crippen molar-refractivity contribution in [3.05, 3.63) is 11.6 Å². The van der Waals surface area contributed by atoms with Gasteiger partial charge < -0.3 is 188 Å². The molecule has 4 saturated carbocycles. The Kier molecular flexibility index (Phi) is 26.5. The van der Waals surface area contributed by atoms with Gasteiger partial charge in [0, 0.05) is 0 Å². The van der Waals surface area contributed by atoms with Gasteiger partial charge >= 0.3 is 5.97 Å². The maximum atomic E-state index is 16.0. The third-order valence-electron chi connectivity index (χ3n) is 28.3. The summed E-state index contributed by atoms with van der Waals surface area (Å²) in [6, 6.07) is 0. The molecule has 113 heavy (non-hydrogen) atoms. The number of ether oxygens (including phenoxy) is 16. The van der Waals surface area contributed by atoms with Gasteiger partial charge in [-0.3, -0.25) is 4.79 Å². The highest BCUT2D eigenvalue weighted by molar-refractivity contribution is 5.80. The Morgan fingerprint density at radius 3 is 1.51 bits per heavy atom. The van der Waals surface area contributed by atoms with Gasteiger partial charge in [-0.05, 0) is 110 Å². The SMILES string of the molecule is C[C@@H]1O[C@H](O[C@@H]2[C@@H](OC(=O)[C@@]34CCC(C)(C)C[C@H]3C3=CC[C@H]5[C@]6(C)CC[C@H](O[C@H]7O[C@@H](CO[C@H]8OC[C@H](O)[C@@H](O)[C@@H]8O[C@H]8OC[C@H](O)[C@@H](O)[C@@H]8O)[C@H](O)[C@@H](O)[C@@H]7O)C(C)(C)[C@@H]6CC[C@]5(C)[C@]3(C)C[C@@H]4O)O[C@@H](CO)[C@H](O)[C@H]2O)[C@@H](O[C@H]2O[C@@H](CO)[C@H](O)[C@@H](O)[C@@H]2O)[C@H](O)[C@H]1O[C@H]1OC[C@H](O)[C@@H](O[C@H]2OC[C@H](O)[C@@H](O)[C@@H]2O)[C@@H]1O. The molecule has 0 spiro atoms. The van der Waals surface area contributed by atoms with E-state index in [9.17, 15) is 112 Å². The van der Waals surface area contributed by atoms with Crippen molar-refractivity contribution in [1.82, 2.24) is 0 Å². The van der Waals surface area contributed by atoms with Crippen LogP contribution in [0, 0.1) is 50.2 Å². The molecule has 0 radical (unpaired) electrons. The lowest BCUT2D eigenvalue weighted by Gasteiger charge is -2.71. The zero-order valence-electron chi connectivity index (χ0n) is 64.3. The Hall–Kier alpha value is -2.27. The first kappa shape index (κ1) is 88.5.